The largest absolute Gasteiger partial charge is 0.484 e. The van der Waals surface area contributed by atoms with Crippen LogP contribution in [-0.4, -0.2) is 26.5 Å². The molecule has 6 nitrogen and oxygen atoms in total. The van der Waals surface area contributed by atoms with Crippen molar-refractivity contribution in [1.82, 2.24) is 0 Å². The van der Waals surface area contributed by atoms with Crippen LogP contribution >= 0.6 is 0 Å². The van der Waals surface area contributed by atoms with Crippen molar-refractivity contribution >= 4 is 23.0 Å². The second-order valence-electron chi connectivity index (χ2n) is 5.87. The first-order valence-corrected chi connectivity index (χ1v) is 8.90. The number of methoxy groups -OCH3 is 1. The molecule has 0 saturated heterocycles. The Morgan fingerprint density at radius 1 is 1.11 bits per heavy atom. The minimum Gasteiger partial charge on any atom is -0.484 e. The molecule has 0 aliphatic rings. The molecule has 0 fully saturated rings. The van der Waals surface area contributed by atoms with Crippen molar-refractivity contribution in [3.63, 3.8) is 0 Å². The van der Waals surface area contributed by atoms with Crippen LogP contribution in [0.4, 0.5) is 0 Å². The number of furan rings is 1. The Balaban J connectivity index is 2.01. The van der Waals surface area contributed by atoms with Gasteiger partial charge in [0.15, 0.2) is 18.1 Å². The van der Waals surface area contributed by atoms with Crippen LogP contribution in [0.2, 0.25) is 0 Å². The number of benzene rings is 2. The lowest BCUT2D eigenvalue weighted by molar-refractivity contribution is -0.137. The molecule has 0 saturated carbocycles. The molecular formula is C22H22O6. The molecule has 0 unspecified atom stereocenters. The SMILES string of the molecule is CCOC(=O)/C=C/c1cc2ccoc2c(OCOC)c1OCc1ccccc1. The number of ether oxygens (including phenoxy) is 4. The zero-order valence-corrected chi connectivity index (χ0v) is 15.8. The maximum Gasteiger partial charge on any atom is 0.330 e. The van der Waals surface area contributed by atoms with Gasteiger partial charge < -0.3 is 23.4 Å². The van der Waals surface area contributed by atoms with E-state index in [4.69, 9.17) is 23.4 Å². The molecular weight excluding hydrogens is 360 g/mol. The van der Waals surface area contributed by atoms with Gasteiger partial charge in [-0.2, -0.15) is 0 Å². The lowest BCUT2D eigenvalue weighted by atomic mass is 10.1. The summed E-state index contributed by atoms with van der Waals surface area (Å²) in [5.74, 6) is 0.454. The fourth-order valence-electron chi connectivity index (χ4n) is 2.68. The summed E-state index contributed by atoms with van der Waals surface area (Å²) in [5, 5.41) is 0.821. The van der Waals surface area contributed by atoms with E-state index in [2.05, 4.69) is 0 Å². The van der Waals surface area contributed by atoms with Crippen LogP contribution < -0.4 is 9.47 Å². The van der Waals surface area contributed by atoms with Crippen molar-refractivity contribution in [3.8, 4) is 11.5 Å². The monoisotopic (exact) mass is 382 g/mol. The van der Waals surface area contributed by atoms with Crippen LogP contribution in [0.3, 0.4) is 0 Å². The summed E-state index contributed by atoms with van der Waals surface area (Å²) in [6.45, 7) is 2.43. The number of carbonyl (C=O) groups excluding carboxylic acids is 1. The van der Waals surface area contributed by atoms with Gasteiger partial charge in [0.25, 0.3) is 0 Å². The predicted octanol–water partition coefficient (Wildman–Crippen LogP) is 4.57. The first kappa shape index (κ1) is 19.5. The maximum atomic E-state index is 11.8. The molecule has 0 radical (unpaired) electrons. The Labute approximate surface area is 163 Å². The Hall–Kier alpha value is -3.25. The number of carbonyl (C=O) groups is 1. The lowest BCUT2D eigenvalue weighted by Crippen LogP contribution is -2.04. The standard InChI is InChI=1S/C22H22O6/c1-3-25-19(23)10-9-17-13-18-11-12-26-20(18)22(28-15-24-2)21(17)27-14-16-7-5-4-6-8-16/h4-13H,3,14-15H2,1-2H3/b10-9+. The molecule has 6 heteroatoms. The van der Waals surface area contributed by atoms with E-state index in [1.54, 1.807) is 19.3 Å². The Morgan fingerprint density at radius 2 is 1.93 bits per heavy atom. The summed E-state index contributed by atoms with van der Waals surface area (Å²) in [4.78, 5) is 11.8. The molecule has 0 aliphatic heterocycles. The van der Waals surface area contributed by atoms with Crippen LogP contribution in [-0.2, 0) is 20.9 Å². The first-order valence-electron chi connectivity index (χ1n) is 8.90. The quantitative estimate of drug-likeness (QED) is 0.307. The van der Waals surface area contributed by atoms with E-state index in [1.165, 1.54) is 13.2 Å². The van der Waals surface area contributed by atoms with Gasteiger partial charge in [-0.1, -0.05) is 30.3 Å². The summed E-state index contributed by atoms with van der Waals surface area (Å²) in [6.07, 6.45) is 4.58. The van der Waals surface area contributed by atoms with E-state index in [0.29, 0.717) is 35.9 Å². The van der Waals surface area contributed by atoms with E-state index in [1.807, 2.05) is 42.5 Å². The third-order valence-corrected chi connectivity index (χ3v) is 3.91. The molecule has 146 valence electrons. The van der Waals surface area contributed by atoms with Gasteiger partial charge in [-0.15, -0.1) is 0 Å². The van der Waals surface area contributed by atoms with Crippen molar-refractivity contribution in [1.29, 1.82) is 0 Å². The van der Waals surface area contributed by atoms with Gasteiger partial charge in [0, 0.05) is 24.1 Å². The van der Waals surface area contributed by atoms with Crippen molar-refractivity contribution in [2.45, 2.75) is 13.5 Å². The van der Waals surface area contributed by atoms with E-state index in [-0.39, 0.29) is 6.79 Å². The highest BCUT2D eigenvalue weighted by Gasteiger charge is 2.18. The Kier molecular flexibility index (Phi) is 6.70. The second-order valence-corrected chi connectivity index (χ2v) is 5.87. The highest BCUT2D eigenvalue weighted by molar-refractivity contribution is 5.93. The summed E-state index contributed by atoms with van der Waals surface area (Å²) in [7, 11) is 1.54. The number of rotatable bonds is 9. The lowest BCUT2D eigenvalue weighted by Gasteiger charge is -2.15. The van der Waals surface area contributed by atoms with Crippen LogP contribution in [0, 0.1) is 0 Å². The second kappa shape index (κ2) is 9.62. The predicted molar refractivity (Wildman–Crippen MR) is 105 cm³/mol. The molecule has 3 aromatic rings. The summed E-state index contributed by atoms with van der Waals surface area (Å²) in [6, 6.07) is 13.5. The molecule has 0 aliphatic carbocycles. The highest BCUT2D eigenvalue weighted by Crippen LogP contribution is 2.41. The van der Waals surface area contributed by atoms with Crippen molar-refractivity contribution in [2.75, 3.05) is 20.5 Å². The summed E-state index contributed by atoms with van der Waals surface area (Å²) >= 11 is 0. The van der Waals surface area contributed by atoms with Gasteiger partial charge in [0.1, 0.15) is 6.61 Å². The van der Waals surface area contributed by atoms with Crippen LogP contribution in [0.5, 0.6) is 11.5 Å². The number of esters is 1. The number of fused-ring (bicyclic) bond motifs is 1. The van der Waals surface area contributed by atoms with Gasteiger partial charge in [-0.3, -0.25) is 0 Å². The zero-order chi connectivity index (χ0) is 19.8. The summed E-state index contributed by atoms with van der Waals surface area (Å²) in [5.41, 5.74) is 2.22. The Bertz CT molecular complexity index is 942. The third-order valence-electron chi connectivity index (χ3n) is 3.91. The molecule has 1 aromatic heterocycles. The topological polar surface area (TPSA) is 67.1 Å². The minimum absolute atomic E-state index is 0.0303. The summed E-state index contributed by atoms with van der Waals surface area (Å²) < 4.78 is 27.4. The van der Waals surface area contributed by atoms with Crippen molar-refractivity contribution < 1.29 is 28.2 Å². The fourth-order valence-corrected chi connectivity index (χ4v) is 2.68. The average molecular weight is 382 g/mol. The van der Waals surface area contributed by atoms with Gasteiger partial charge >= 0.3 is 5.97 Å². The maximum absolute atomic E-state index is 11.8. The fraction of sp³-hybridized carbons (Fsp3) is 0.227. The van der Waals surface area contributed by atoms with Gasteiger partial charge in [0.2, 0.25) is 5.75 Å². The molecule has 1 heterocycles. The van der Waals surface area contributed by atoms with E-state index in [0.717, 1.165) is 10.9 Å². The Morgan fingerprint density at radius 3 is 2.68 bits per heavy atom. The molecule has 28 heavy (non-hydrogen) atoms. The molecule has 0 atom stereocenters. The molecule has 0 amide bonds. The van der Waals surface area contributed by atoms with Crippen molar-refractivity contribution in [2.24, 2.45) is 0 Å². The molecule has 2 aromatic carbocycles. The van der Waals surface area contributed by atoms with Gasteiger partial charge in [0.05, 0.1) is 12.9 Å². The zero-order valence-electron chi connectivity index (χ0n) is 15.8. The third kappa shape index (κ3) is 4.72. The normalized spacial score (nSPS) is 11.1. The molecule has 0 spiro atoms. The van der Waals surface area contributed by atoms with Crippen LogP contribution in [0.1, 0.15) is 18.1 Å². The van der Waals surface area contributed by atoms with Gasteiger partial charge in [-0.05, 0) is 30.7 Å². The van der Waals surface area contributed by atoms with Gasteiger partial charge in [-0.25, -0.2) is 4.79 Å². The van der Waals surface area contributed by atoms with Crippen molar-refractivity contribution in [3.05, 3.63) is 65.9 Å². The molecule has 3 rings (SSSR count). The average Bonchev–Trinajstić information content (AvgIpc) is 3.18. The van der Waals surface area contributed by atoms with E-state index in [9.17, 15) is 4.79 Å². The number of hydrogen-bond donors (Lipinski definition) is 0. The molecule has 0 N–H and O–H groups in total. The van der Waals surface area contributed by atoms with E-state index < -0.39 is 5.97 Å². The molecule has 0 bridgehead atoms. The van der Waals surface area contributed by atoms with Crippen LogP contribution in [0.25, 0.3) is 17.0 Å². The van der Waals surface area contributed by atoms with Crippen LogP contribution in [0.15, 0.2) is 59.2 Å². The highest BCUT2D eigenvalue weighted by atomic mass is 16.7. The minimum atomic E-state index is -0.428. The van der Waals surface area contributed by atoms with E-state index >= 15 is 0 Å². The number of hydrogen-bond acceptors (Lipinski definition) is 6. The smallest absolute Gasteiger partial charge is 0.330 e. The first-order chi connectivity index (χ1) is 13.7.